The van der Waals surface area contributed by atoms with Crippen LogP contribution in [0.25, 0.3) is 0 Å². The molecule has 6 nitrogen and oxygen atoms in total. The maximum Gasteiger partial charge on any atom is 0.408 e. The molecule has 0 aromatic rings. The maximum absolute atomic E-state index is 12.1. The van der Waals surface area contributed by atoms with Gasteiger partial charge < -0.3 is 14.6 Å². The molecule has 7 heteroatoms. The molecule has 1 rings (SSSR count). The van der Waals surface area contributed by atoms with E-state index in [2.05, 4.69) is 33.9 Å². The third-order valence-corrected chi connectivity index (χ3v) is 9.72. The molecule has 0 radical (unpaired) electrons. The zero-order chi connectivity index (χ0) is 19.1. The summed E-state index contributed by atoms with van der Waals surface area (Å²) in [5, 5.41) is 19.4. The highest BCUT2D eigenvalue weighted by Crippen LogP contribution is 2.44. The van der Waals surface area contributed by atoms with Crippen molar-refractivity contribution in [1.29, 1.82) is 0 Å². The van der Waals surface area contributed by atoms with Crippen LogP contribution in [-0.2, 0) is 9.22 Å². The summed E-state index contributed by atoms with van der Waals surface area (Å²) < 4.78 is 6.33. The van der Waals surface area contributed by atoms with E-state index in [1.165, 1.54) is 0 Å². The third-order valence-electron chi connectivity index (χ3n) is 5.19. The molecule has 0 aromatic heterocycles. The summed E-state index contributed by atoms with van der Waals surface area (Å²) in [4.78, 5) is 24.9. The topological polar surface area (TPSA) is 87.1 Å². The Balaban J connectivity index is 3.17. The Hall–Kier alpha value is -1.08. The van der Waals surface area contributed by atoms with E-state index < -0.39 is 25.9 Å². The highest BCUT2D eigenvalue weighted by molar-refractivity contribution is 6.74. The van der Waals surface area contributed by atoms with Crippen molar-refractivity contribution in [3.63, 3.8) is 0 Å². The van der Waals surface area contributed by atoms with E-state index in [1.807, 2.05) is 20.8 Å². The summed E-state index contributed by atoms with van der Waals surface area (Å²) in [6.07, 6.45) is -1.10. The van der Waals surface area contributed by atoms with Crippen molar-refractivity contribution < 1.29 is 24.2 Å². The largest absolute Gasteiger partial charge is 0.479 e. The maximum atomic E-state index is 12.1. The summed E-state index contributed by atoms with van der Waals surface area (Å²) in [6.45, 7) is 16.4. The van der Waals surface area contributed by atoms with Gasteiger partial charge >= 0.3 is 12.1 Å². The van der Waals surface area contributed by atoms with Gasteiger partial charge in [-0.25, -0.2) is 9.59 Å². The fraction of sp³-hybridized carbons (Fsp3) is 0.882. The van der Waals surface area contributed by atoms with E-state index in [-0.39, 0.29) is 35.9 Å². The van der Waals surface area contributed by atoms with Crippen molar-refractivity contribution in [3.05, 3.63) is 0 Å². The number of carbonyl (C=O) groups is 2. The van der Waals surface area contributed by atoms with Gasteiger partial charge in [-0.05, 0) is 30.0 Å². The fourth-order valence-electron chi connectivity index (χ4n) is 3.19. The Morgan fingerprint density at radius 1 is 1.17 bits per heavy atom. The van der Waals surface area contributed by atoms with Crippen LogP contribution in [0.3, 0.4) is 0 Å². The summed E-state index contributed by atoms with van der Waals surface area (Å²) in [7, 11) is -2.10. The Morgan fingerprint density at radius 3 is 2.00 bits per heavy atom. The lowest BCUT2D eigenvalue weighted by molar-refractivity contribution is -0.150. The Morgan fingerprint density at radius 2 is 1.67 bits per heavy atom. The SMILES string of the molecule is CC(C)(C)C[C@]1(C(=O)O)C[C@@H](O[Si](C)(C)C(C)(C)C)CN1C(=O)O. The van der Waals surface area contributed by atoms with Gasteiger partial charge in [0.2, 0.25) is 0 Å². The fourth-order valence-corrected chi connectivity index (χ4v) is 4.53. The van der Waals surface area contributed by atoms with Crippen molar-refractivity contribution >= 4 is 20.4 Å². The number of carboxylic acids is 1. The zero-order valence-electron chi connectivity index (χ0n) is 16.3. The van der Waals surface area contributed by atoms with Gasteiger partial charge in [0.15, 0.2) is 8.32 Å². The van der Waals surface area contributed by atoms with Gasteiger partial charge in [-0.1, -0.05) is 41.5 Å². The first-order valence-electron chi connectivity index (χ1n) is 8.44. The molecule has 0 bridgehead atoms. The Bertz CT molecular complexity index is 506. The van der Waals surface area contributed by atoms with E-state index >= 15 is 0 Å². The third kappa shape index (κ3) is 4.30. The van der Waals surface area contributed by atoms with Crippen LogP contribution in [0.15, 0.2) is 0 Å². The number of nitrogens with zero attached hydrogens (tertiary/aromatic N) is 1. The molecule has 0 unspecified atom stereocenters. The minimum Gasteiger partial charge on any atom is -0.479 e. The predicted molar refractivity (Wildman–Crippen MR) is 95.9 cm³/mol. The number of hydrogen-bond acceptors (Lipinski definition) is 3. The van der Waals surface area contributed by atoms with E-state index in [9.17, 15) is 19.8 Å². The van der Waals surface area contributed by atoms with Crippen LogP contribution in [0, 0.1) is 5.41 Å². The van der Waals surface area contributed by atoms with Crippen molar-refractivity contribution in [1.82, 2.24) is 4.90 Å². The Labute approximate surface area is 146 Å². The van der Waals surface area contributed by atoms with Gasteiger partial charge in [-0.3, -0.25) is 4.90 Å². The minimum absolute atomic E-state index is 0.0143. The molecule has 1 heterocycles. The summed E-state index contributed by atoms with van der Waals surface area (Å²) in [5.74, 6) is -1.08. The number of likely N-dealkylation sites (tertiary alicyclic amines) is 1. The number of aliphatic carboxylic acids is 1. The molecule has 0 saturated carbocycles. The number of hydrogen-bond donors (Lipinski definition) is 2. The molecule has 2 N–H and O–H groups in total. The van der Waals surface area contributed by atoms with Crippen molar-refractivity contribution in [2.45, 2.75) is 84.2 Å². The van der Waals surface area contributed by atoms with Gasteiger partial charge in [-0.15, -0.1) is 0 Å². The standard InChI is InChI=1S/C17H33NO5Si/c1-15(2,3)11-17(13(19)20)9-12(10-18(17)14(21)22)23-24(7,8)16(4,5)6/h12H,9-11H2,1-8H3,(H,19,20)(H,21,22)/t12-,17+/m1/s1. The van der Waals surface area contributed by atoms with Gasteiger partial charge in [0, 0.05) is 6.42 Å². The lowest BCUT2D eigenvalue weighted by Gasteiger charge is -2.38. The van der Waals surface area contributed by atoms with Gasteiger partial charge in [0.05, 0.1) is 12.6 Å². The monoisotopic (exact) mass is 359 g/mol. The molecule has 2 atom stereocenters. The molecule has 1 aliphatic heterocycles. The molecular weight excluding hydrogens is 326 g/mol. The van der Waals surface area contributed by atoms with E-state index in [0.717, 1.165) is 4.90 Å². The number of amides is 1. The van der Waals surface area contributed by atoms with Gasteiger partial charge in [-0.2, -0.15) is 0 Å². The number of rotatable bonds is 4. The van der Waals surface area contributed by atoms with E-state index in [1.54, 1.807) is 0 Å². The first-order valence-corrected chi connectivity index (χ1v) is 11.3. The average molecular weight is 360 g/mol. The second-order valence-electron chi connectivity index (χ2n) is 9.67. The molecule has 1 fully saturated rings. The minimum atomic E-state index is -2.10. The first kappa shape index (κ1) is 21.0. The van der Waals surface area contributed by atoms with Gasteiger partial charge in [0.25, 0.3) is 0 Å². The lowest BCUT2D eigenvalue weighted by atomic mass is 9.78. The second-order valence-corrected chi connectivity index (χ2v) is 14.4. The van der Waals surface area contributed by atoms with Crippen LogP contribution in [-0.4, -0.2) is 53.7 Å². The lowest BCUT2D eigenvalue weighted by Crippen LogP contribution is -2.54. The molecule has 0 spiro atoms. The quantitative estimate of drug-likeness (QED) is 0.740. The van der Waals surface area contributed by atoms with Crippen LogP contribution in [0.4, 0.5) is 4.79 Å². The van der Waals surface area contributed by atoms with Crippen LogP contribution in [0.1, 0.15) is 54.4 Å². The first-order chi connectivity index (χ1) is 10.5. The van der Waals surface area contributed by atoms with Crippen LogP contribution >= 0.6 is 0 Å². The summed E-state index contributed by atoms with van der Waals surface area (Å²) >= 11 is 0. The molecule has 1 saturated heterocycles. The van der Waals surface area contributed by atoms with Crippen LogP contribution in [0.2, 0.25) is 18.1 Å². The zero-order valence-corrected chi connectivity index (χ0v) is 17.3. The normalized spacial score (nSPS) is 25.8. The summed E-state index contributed by atoms with van der Waals surface area (Å²) in [6, 6.07) is 0. The van der Waals surface area contributed by atoms with Crippen molar-refractivity contribution in [2.75, 3.05) is 6.54 Å². The van der Waals surface area contributed by atoms with E-state index in [0.29, 0.717) is 0 Å². The molecule has 0 aliphatic carbocycles. The van der Waals surface area contributed by atoms with E-state index in [4.69, 9.17) is 4.43 Å². The van der Waals surface area contributed by atoms with Gasteiger partial charge in [0.1, 0.15) is 5.54 Å². The van der Waals surface area contributed by atoms with Crippen LogP contribution in [0.5, 0.6) is 0 Å². The highest BCUT2D eigenvalue weighted by atomic mass is 28.4. The number of carboxylic acid groups (broad SMARTS) is 2. The molecule has 24 heavy (non-hydrogen) atoms. The highest BCUT2D eigenvalue weighted by Gasteiger charge is 2.57. The molecular formula is C17H33NO5Si. The van der Waals surface area contributed by atoms with Crippen molar-refractivity contribution in [3.8, 4) is 0 Å². The summed E-state index contributed by atoms with van der Waals surface area (Å²) in [5.41, 5.74) is -1.73. The predicted octanol–water partition coefficient (Wildman–Crippen LogP) is 4.02. The smallest absolute Gasteiger partial charge is 0.408 e. The second kappa shape index (κ2) is 6.33. The molecule has 140 valence electrons. The molecule has 1 amide bonds. The average Bonchev–Trinajstić information content (AvgIpc) is 2.64. The van der Waals surface area contributed by atoms with Crippen molar-refractivity contribution in [2.24, 2.45) is 5.41 Å². The Kier molecular flexibility index (Phi) is 5.53. The van der Waals surface area contributed by atoms with Crippen LogP contribution < -0.4 is 0 Å². The molecule has 0 aromatic carbocycles. The molecule has 1 aliphatic rings.